The quantitative estimate of drug-likeness (QED) is 0.363. The van der Waals surface area contributed by atoms with E-state index < -0.39 is 27.9 Å². The highest BCUT2D eigenvalue weighted by molar-refractivity contribution is 7.86. The van der Waals surface area contributed by atoms with Crippen molar-refractivity contribution in [3.8, 4) is 0 Å². The first kappa shape index (κ1) is 24.8. The third-order valence-corrected chi connectivity index (χ3v) is 4.63. The van der Waals surface area contributed by atoms with Crippen LogP contribution in [0.4, 0.5) is 14.5 Å². The Balaban J connectivity index is 2.71. The summed E-state index contributed by atoms with van der Waals surface area (Å²) >= 11 is 0. The lowest BCUT2D eigenvalue weighted by atomic mass is 10.2. The molecule has 0 amide bonds. The lowest BCUT2D eigenvalue weighted by molar-refractivity contribution is -0.143. The highest BCUT2D eigenvalue weighted by Gasteiger charge is 2.39. The Morgan fingerprint density at radius 3 is 2.21 bits per heavy atom. The normalized spacial score (nSPS) is 11.8. The summed E-state index contributed by atoms with van der Waals surface area (Å²) in [6, 6.07) is 5.77. The Bertz CT molecular complexity index is 782. The number of nitrogens with zero attached hydrogens (tertiary/aromatic N) is 1. The number of esters is 2. The number of alkyl halides is 2. The van der Waals surface area contributed by atoms with Crippen molar-refractivity contribution in [2.24, 2.45) is 0 Å². The van der Waals surface area contributed by atoms with Gasteiger partial charge in [-0.05, 0) is 37.1 Å². The van der Waals surface area contributed by atoms with Crippen molar-refractivity contribution in [1.29, 1.82) is 0 Å². The third kappa shape index (κ3) is 7.94. The van der Waals surface area contributed by atoms with Crippen LogP contribution in [-0.2, 0) is 24.4 Å². The Labute approximate surface area is 168 Å². The van der Waals surface area contributed by atoms with Gasteiger partial charge in [-0.2, -0.15) is 8.78 Å². The maximum atomic E-state index is 13.1. The molecule has 0 heterocycles. The van der Waals surface area contributed by atoms with E-state index in [2.05, 4.69) is 4.74 Å². The number of benzene rings is 1. The van der Waals surface area contributed by atoms with Gasteiger partial charge < -0.3 is 18.9 Å². The first-order valence-corrected chi connectivity index (χ1v) is 10.4. The van der Waals surface area contributed by atoms with Gasteiger partial charge >= 0.3 is 17.2 Å². The zero-order valence-electron chi connectivity index (χ0n) is 16.2. The Morgan fingerprint density at radius 2 is 1.69 bits per heavy atom. The van der Waals surface area contributed by atoms with Gasteiger partial charge in [-0.1, -0.05) is 13.8 Å². The maximum Gasteiger partial charge on any atom is 0.367 e. The minimum absolute atomic E-state index is 0.0846. The first-order valence-electron chi connectivity index (χ1n) is 9.02. The van der Waals surface area contributed by atoms with Crippen LogP contribution < -0.4 is 4.90 Å². The summed E-state index contributed by atoms with van der Waals surface area (Å²) in [7, 11) is -5.93. The Morgan fingerprint density at radius 1 is 1.07 bits per heavy atom. The number of halogens is 2. The van der Waals surface area contributed by atoms with Gasteiger partial charge in [-0.15, -0.1) is 0 Å². The van der Waals surface area contributed by atoms with E-state index in [4.69, 9.17) is 4.74 Å². The summed E-state index contributed by atoms with van der Waals surface area (Å²) in [4.78, 5) is 25.2. The molecular formula is C18H24F2NO7S-. The van der Waals surface area contributed by atoms with Gasteiger partial charge in [-0.3, -0.25) is 4.79 Å². The molecule has 164 valence electrons. The lowest BCUT2D eigenvalue weighted by Crippen LogP contribution is -2.34. The topological polar surface area (TPSA) is 113 Å². The smallest absolute Gasteiger partial charge is 0.367 e. The molecule has 29 heavy (non-hydrogen) atoms. The predicted molar refractivity (Wildman–Crippen MR) is 99.7 cm³/mol. The van der Waals surface area contributed by atoms with E-state index in [0.29, 0.717) is 31.6 Å². The van der Waals surface area contributed by atoms with Crippen LogP contribution in [0, 0.1) is 0 Å². The molecule has 0 bridgehead atoms. The van der Waals surface area contributed by atoms with Crippen molar-refractivity contribution in [2.45, 2.75) is 38.4 Å². The van der Waals surface area contributed by atoms with E-state index in [1.165, 1.54) is 12.1 Å². The van der Waals surface area contributed by atoms with Crippen LogP contribution in [0.25, 0.3) is 0 Å². The maximum absolute atomic E-state index is 13.1. The van der Waals surface area contributed by atoms with Gasteiger partial charge in [0.25, 0.3) is 0 Å². The SMILES string of the molecule is CCCC(=O)OCCN(CCC)c1ccc(C(=O)OCC(F)(F)S(=O)(=O)[O-])cc1. The second-order valence-electron chi connectivity index (χ2n) is 6.17. The molecule has 0 atom stereocenters. The van der Waals surface area contributed by atoms with Crippen LogP contribution in [-0.4, -0.2) is 56.5 Å². The monoisotopic (exact) mass is 436 g/mol. The van der Waals surface area contributed by atoms with Crippen molar-refractivity contribution in [2.75, 3.05) is 31.2 Å². The number of hydrogen-bond acceptors (Lipinski definition) is 8. The van der Waals surface area contributed by atoms with E-state index in [1.54, 1.807) is 12.1 Å². The number of rotatable bonds is 12. The van der Waals surface area contributed by atoms with Gasteiger partial charge in [0, 0.05) is 18.7 Å². The van der Waals surface area contributed by atoms with Gasteiger partial charge in [0.05, 0.1) is 12.1 Å². The number of ether oxygens (including phenoxy) is 2. The molecule has 0 aliphatic heterocycles. The first-order chi connectivity index (χ1) is 13.5. The fourth-order valence-corrected chi connectivity index (χ4v) is 2.50. The largest absolute Gasteiger partial charge is 0.743 e. The van der Waals surface area contributed by atoms with Gasteiger partial charge in [0.2, 0.25) is 0 Å². The summed E-state index contributed by atoms with van der Waals surface area (Å²) in [6.45, 7) is 3.26. The van der Waals surface area contributed by atoms with Crippen molar-refractivity contribution < 1.29 is 40.8 Å². The predicted octanol–water partition coefficient (Wildman–Crippen LogP) is 2.54. The molecule has 0 spiro atoms. The second kappa shape index (κ2) is 11.1. The highest BCUT2D eigenvalue weighted by atomic mass is 32.2. The number of carbonyl (C=O) groups excluding carboxylic acids is 2. The Kier molecular flexibility index (Phi) is 9.44. The molecule has 11 heteroatoms. The zero-order valence-corrected chi connectivity index (χ0v) is 17.0. The van der Waals surface area contributed by atoms with Crippen molar-refractivity contribution in [3.63, 3.8) is 0 Å². The van der Waals surface area contributed by atoms with Crippen molar-refractivity contribution >= 4 is 27.7 Å². The molecule has 0 saturated heterocycles. The zero-order chi connectivity index (χ0) is 22.1. The average Bonchev–Trinajstić information content (AvgIpc) is 2.65. The van der Waals surface area contributed by atoms with Gasteiger partial charge in [-0.25, -0.2) is 13.2 Å². The number of carbonyl (C=O) groups is 2. The van der Waals surface area contributed by atoms with Gasteiger partial charge in [0.15, 0.2) is 16.7 Å². The molecule has 1 aromatic carbocycles. The lowest BCUT2D eigenvalue weighted by Gasteiger charge is -2.24. The minimum Gasteiger partial charge on any atom is -0.743 e. The van der Waals surface area contributed by atoms with Crippen LogP contribution in [0.1, 0.15) is 43.5 Å². The molecule has 0 fully saturated rings. The van der Waals surface area contributed by atoms with Crippen LogP contribution in [0.5, 0.6) is 0 Å². The molecule has 0 radical (unpaired) electrons. The molecule has 0 unspecified atom stereocenters. The minimum atomic E-state index is -5.93. The Hall–Kier alpha value is -2.27. The third-order valence-electron chi connectivity index (χ3n) is 3.78. The standard InChI is InChI=1S/C18H25F2NO7S/c1-3-5-16(22)27-12-11-21(10-4-2)15-8-6-14(7-9-15)17(23)28-13-18(19,20)29(24,25)26/h6-9H,3-5,10-13H2,1-2H3,(H,24,25,26)/p-1. The molecule has 1 rings (SSSR count). The van der Waals surface area contributed by atoms with E-state index in [9.17, 15) is 31.3 Å². The van der Waals surface area contributed by atoms with Crippen LogP contribution in [0.15, 0.2) is 24.3 Å². The highest BCUT2D eigenvalue weighted by Crippen LogP contribution is 2.22. The second-order valence-corrected chi connectivity index (χ2v) is 7.68. The van der Waals surface area contributed by atoms with E-state index >= 15 is 0 Å². The van der Waals surface area contributed by atoms with E-state index in [0.717, 1.165) is 6.42 Å². The van der Waals surface area contributed by atoms with Crippen molar-refractivity contribution in [1.82, 2.24) is 0 Å². The molecule has 0 N–H and O–H groups in total. The molecule has 0 aliphatic rings. The van der Waals surface area contributed by atoms with Crippen LogP contribution in [0.3, 0.4) is 0 Å². The molecule has 0 saturated carbocycles. The fraction of sp³-hybridized carbons (Fsp3) is 0.556. The molecule has 0 aliphatic carbocycles. The van der Waals surface area contributed by atoms with Crippen LogP contribution in [0.2, 0.25) is 0 Å². The number of hydrogen-bond donors (Lipinski definition) is 0. The summed E-state index contributed by atoms with van der Waals surface area (Å²) in [5.41, 5.74) is 0.626. The van der Waals surface area contributed by atoms with E-state index in [-0.39, 0.29) is 18.1 Å². The summed E-state index contributed by atoms with van der Waals surface area (Å²) < 4.78 is 66.7. The van der Waals surface area contributed by atoms with Crippen LogP contribution >= 0.6 is 0 Å². The molecule has 0 aromatic heterocycles. The summed E-state index contributed by atoms with van der Waals surface area (Å²) in [5.74, 6) is -1.46. The fourth-order valence-electron chi connectivity index (χ4n) is 2.30. The molecular weight excluding hydrogens is 412 g/mol. The van der Waals surface area contributed by atoms with Crippen molar-refractivity contribution in [3.05, 3.63) is 29.8 Å². The summed E-state index contributed by atoms with van der Waals surface area (Å²) in [5, 5.41) is -4.70. The number of anilines is 1. The molecule has 1 aromatic rings. The van der Waals surface area contributed by atoms with E-state index in [1.807, 2.05) is 18.7 Å². The average molecular weight is 436 g/mol. The van der Waals surface area contributed by atoms with Gasteiger partial charge in [0.1, 0.15) is 6.61 Å². The summed E-state index contributed by atoms with van der Waals surface area (Å²) in [6.07, 6.45) is 1.85. The molecule has 8 nitrogen and oxygen atoms in total.